The highest BCUT2D eigenvalue weighted by atomic mass is 16.5. The van der Waals surface area contributed by atoms with Crippen LogP contribution >= 0.6 is 0 Å². The number of rotatable bonds is 5. The Labute approximate surface area is 60.5 Å². The molecule has 10 heavy (non-hydrogen) atoms. The third-order valence-electron chi connectivity index (χ3n) is 1.29. The number of aliphatic hydroxyl groups is 2. The summed E-state index contributed by atoms with van der Waals surface area (Å²) in [6, 6.07) is -0.204. The molecule has 0 amide bonds. The van der Waals surface area contributed by atoms with Crippen molar-refractivity contribution in [2.24, 2.45) is 0 Å². The topological polar surface area (TPSA) is 72.7 Å². The first kappa shape index (κ1) is 9.84. The SMILES string of the molecule is CC(O)CC(CCO)NO. The van der Waals surface area contributed by atoms with E-state index < -0.39 is 6.10 Å². The van der Waals surface area contributed by atoms with Gasteiger partial charge in [0, 0.05) is 12.6 Å². The van der Waals surface area contributed by atoms with Crippen molar-refractivity contribution in [2.75, 3.05) is 6.61 Å². The van der Waals surface area contributed by atoms with E-state index in [1.165, 1.54) is 0 Å². The lowest BCUT2D eigenvalue weighted by atomic mass is 10.1. The molecule has 0 aromatic rings. The normalized spacial score (nSPS) is 16.8. The minimum Gasteiger partial charge on any atom is -0.396 e. The van der Waals surface area contributed by atoms with Crippen molar-refractivity contribution in [2.45, 2.75) is 31.9 Å². The van der Waals surface area contributed by atoms with Crippen LogP contribution in [0.3, 0.4) is 0 Å². The zero-order chi connectivity index (χ0) is 7.98. The molecular formula is C6H15NO3. The van der Waals surface area contributed by atoms with Crippen LogP contribution in [0.2, 0.25) is 0 Å². The molecule has 2 unspecified atom stereocenters. The summed E-state index contributed by atoms with van der Waals surface area (Å²) in [6.45, 7) is 1.66. The fraction of sp³-hybridized carbons (Fsp3) is 1.00. The van der Waals surface area contributed by atoms with Gasteiger partial charge in [0.2, 0.25) is 0 Å². The Morgan fingerprint density at radius 1 is 1.50 bits per heavy atom. The first-order valence-corrected chi connectivity index (χ1v) is 3.39. The van der Waals surface area contributed by atoms with Crippen molar-refractivity contribution < 1.29 is 15.4 Å². The highest BCUT2D eigenvalue weighted by molar-refractivity contribution is 4.64. The standard InChI is InChI=1S/C6H15NO3/c1-5(9)4-6(7-10)2-3-8/h5-10H,2-4H2,1H3. The van der Waals surface area contributed by atoms with E-state index in [2.05, 4.69) is 0 Å². The van der Waals surface area contributed by atoms with Crippen molar-refractivity contribution >= 4 is 0 Å². The Morgan fingerprint density at radius 2 is 2.10 bits per heavy atom. The van der Waals surface area contributed by atoms with Crippen molar-refractivity contribution in [3.8, 4) is 0 Å². The van der Waals surface area contributed by atoms with E-state index in [9.17, 15) is 0 Å². The van der Waals surface area contributed by atoms with E-state index in [4.69, 9.17) is 15.4 Å². The smallest absolute Gasteiger partial charge is 0.0527 e. The van der Waals surface area contributed by atoms with Crippen LogP contribution in [0.5, 0.6) is 0 Å². The van der Waals surface area contributed by atoms with Gasteiger partial charge in [0.25, 0.3) is 0 Å². The molecule has 0 saturated heterocycles. The Morgan fingerprint density at radius 3 is 2.40 bits per heavy atom. The quantitative estimate of drug-likeness (QED) is 0.397. The molecule has 0 bridgehead atoms. The third kappa shape index (κ3) is 4.69. The molecule has 4 heteroatoms. The van der Waals surface area contributed by atoms with Gasteiger partial charge in [0.05, 0.1) is 6.10 Å². The van der Waals surface area contributed by atoms with Crippen molar-refractivity contribution in [1.82, 2.24) is 5.48 Å². The van der Waals surface area contributed by atoms with E-state index in [-0.39, 0.29) is 12.6 Å². The van der Waals surface area contributed by atoms with Gasteiger partial charge in [0.15, 0.2) is 0 Å². The first-order chi connectivity index (χ1) is 4.70. The van der Waals surface area contributed by atoms with Gasteiger partial charge >= 0.3 is 0 Å². The van der Waals surface area contributed by atoms with E-state index >= 15 is 0 Å². The molecule has 2 atom stereocenters. The predicted octanol–water partition coefficient (Wildman–Crippen LogP) is -0.513. The van der Waals surface area contributed by atoms with Gasteiger partial charge in [-0.25, -0.2) is 5.48 Å². The van der Waals surface area contributed by atoms with Crippen LogP contribution in [0.1, 0.15) is 19.8 Å². The summed E-state index contributed by atoms with van der Waals surface area (Å²) in [7, 11) is 0. The van der Waals surface area contributed by atoms with Crippen LogP contribution in [-0.4, -0.2) is 34.2 Å². The zero-order valence-corrected chi connectivity index (χ0v) is 6.12. The van der Waals surface area contributed by atoms with E-state index in [0.717, 1.165) is 0 Å². The summed E-state index contributed by atoms with van der Waals surface area (Å²) < 4.78 is 0. The Bertz CT molecular complexity index is 77.4. The molecule has 4 N–H and O–H groups in total. The van der Waals surface area contributed by atoms with Gasteiger partial charge in [0.1, 0.15) is 0 Å². The van der Waals surface area contributed by atoms with Crippen LogP contribution in [0, 0.1) is 0 Å². The molecule has 0 rings (SSSR count). The Balaban J connectivity index is 3.39. The van der Waals surface area contributed by atoms with Crippen molar-refractivity contribution in [3.05, 3.63) is 0 Å². The van der Waals surface area contributed by atoms with Gasteiger partial charge in [-0.2, -0.15) is 0 Å². The Hall–Kier alpha value is -0.160. The maximum absolute atomic E-state index is 8.85. The van der Waals surface area contributed by atoms with Gasteiger partial charge in [-0.05, 0) is 19.8 Å². The maximum atomic E-state index is 8.85. The summed E-state index contributed by atoms with van der Waals surface area (Å²) >= 11 is 0. The number of hydrogen-bond donors (Lipinski definition) is 4. The van der Waals surface area contributed by atoms with Crippen LogP contribution in [0.4, 0.5) is 0 Å². The average Bonchev–Trinajstić information content (AvgIpc) is 1.86. The van der Waals surface area contributed by atoms with E-state index in [0.29, 0.717) is 12.8 Å². The number of nitrogens with one attached hydrogen (secondary N) is 1. The lowest BCUT2D eigenvalue weighted by Crippen LogP contribution is -2.30. The summed E-state index contributed by atoms with van der Waals surface area (Å²) in [5.41, 5.74) is 2.01. The highest BCUT2D eigenvalue weighted by Gasteiger charge is 2.08. The van der Waals surface area contributed by atoms with Crippen LogP contribution in [-0.2, 0) is 0 Å². The highest BCUT2D eigenvalue weighted by Crippen LogP contribution is 2.00. The molecule has 0 aliphatic carbocycles. The lowest BCUT2D eigenvalue weighted by molar-refractivity contribution is 0.0753. The number of hydrogen-bond acceptors (Lipinski definition) is 4. The van der Waals surface area contributed by atoms with Crippen molar-refractivity contribution in [3.63, 3.8) is 0 Å². The summed E-state index contributed by atoms with van der Waals surface area (Å²) in [5, 5.41) is 25.7. The van der Waals surface area contributed by atoms with E-state index in [1.54, 1.807) is 6.92 Å². The van der Waals surface area contributed by atoms with Gasteiger partial charge in [-0.1, -0.05) is 0 Å². The Kier molecular flexibility index (Phi) is 5.52. The molecule has 0 fully saturated rings. The molecule has 0 saturated carbocycles. The molecule has 0 aliphatic heterocycles. The van der Waals surface area contributed by atoms with Gasteiger partial charge in [-0.15, -0.1) is 0 Å². The van der Waals surface area contributed by atoms with Crippen LogP contribution < -0.4 is 5.48 Å². The predicted molar refractivity (Wildman–Crippen MR) is 36.7 cm³/mol. The second kappa shape index (κ2) is 5.61. The first-order valence-electron chi connectivity index (χ1n) is 3.39. The van der Waals surface area contributed by atoms with Crippen molar-refractivity contribution in [1.29, 1.82) is 0 Å². The average molecular weight is 149 g/mol. The molecular weight excluding hydrogens is 134 g/mol. The summed E-state index contributed by atoms with van der Waals surface area (Å²) in [6.07, 6.45) is 0.467. The second-order valence-corrected chi connectivity index (χ2v) is 2.42. The molecule has 0 aromatic heterocycles. The largest absolute Gasteiger partial charge is 0.396 e. The van der Waals surface area contributed by atoms with Gasteiger partial charge in [-0.3, -0.25) is 0 Å². The molecule has 0 spiro atoms. The third-order valence-corrected chi connectivity index (χ3v) is 1.29. The maximum Gasteiger partial charge on any atom is 0.0527 e. The van der Waals surface area contributed by atoms with Crippen LogP contribution in [0.15, 0.2) is 0 Å². The number of aliphatic hydroxyl groups excluding tert-OH is 2. The molecule has 0 radical (unpaired) electrons. The zero-order valence-electron chi connectivity index (χ0n) is 6.12. The van der Waals surface area contributed by atoms with E-state index in [1.807, 2.05) is 5.48 Å². The molecule has 0 aromatic carbocycles. The van der Waals surface area contributed by atoms with Crippen LogP contribution in [0.25, 0.3) is 0 Å². The second-order valence-electron chi connectivity index (χ2n) is 2.42. The molecule has 62 valence electrons. The summed E-state index contributed by atoms with van der Waals surface area (Å²) in [5.74, 6) is 0. The minimum atomic E-state index is -0.448. The molecule has 4 nitrogen and oxygen atoms in total. The number of hydroxylamine groups is 1. The fourth-order valence-corrected chi connectivity index (χ4v) is 0.803. The monoisotopic (exact) mass is 149 g/mol. The summed E-state index contributed by atoms with van der Waals surface area (Å²) in [4.78, 5) is 0. The lowest BCUT2D eigenvalue weighted by Gasteiger charge is -2.14. The minimum absolute atomic E-state index is 0.0188. The van der Waals surface area contributed by atoms with Gasteiger partial charge < -0.3 is 15.4 Å². The fourth-order valence-electron chi connectivity index (χ4n) is 0.803. The molecule has 0 aliphatic rings. The molecule has 0 heterocycles.